The molecule has 1 aromatic carbocycles. The van der Waals surface area contributed by atoms with Gasteiger partial charge < -0.3 is 9.53 Å². The van der Waals surface area contributed by atoms with E-state index in [9.17, 15) is 4.79 Å². The Morgan fingerprint density at radius 2 is 2.06 bits per heavy atom. The molecule has 1 aliphatic rings. The molecule has 0 radical (unpaired) electrons. The number of benzene rings is 1. The van der Waals surface area contributed by atoms with Crippen molar-refractivity contribution in [3.8, 4) is 5.75 Å². The molecular formula is C16H22O2. The van der Waals surface area contributed by atoms with Gasteiger partial charge >= 0.3 is 0 Å². The Labute approximate surface area is 109 Å². The Morgan fingerprint density at radius 3 is 2.72 bits per heavy atom. The molecule has 18 heavy (non-hydrogen) atoms. The smallest absolute Gasteiger partial charge is 0.122 e. The first kappa shape index (κ1) is 13.1. The van der Waals surface area contributed by atoms with Crippen molar-refractivity contribution in [1.82, 2.24) is 0 Å². The van der Waals surface area contributed by atoms with Crippen LogP contribution in [-0.4, -0.2) is 13.4 Å². The predicted octanol–water partition coefficient (Wildman–Crippen LogP) is 3.87. The van der Waals surface area contributed by atoms with Gasteiger partial charge in [-0.25, -0.2) is 0 Å². The molecule has 2 rings (SSSR count). The van der Waals surface area contributed by atoms with Gasteiger partial charge in [-0.3, -0.25) is 0 Å². The zero-order chi connectivity index (χ0) is 12.8. The van der Waals surface area contributed by atoms with Gasteiger partial charge in [0.25, 0.3) is 0 Å². The van der Waals surface area contributed by atoms with Crippen molar-refractivity contribution in [1.29, 1.82) is 0 Å². The van der Waals surface area contributed by atoms with Crippen LogP contribution < -0.4 is 4.74 Å². The lowest BCUT2D eigenvalue weighted by Gasteiger charge is -2.23. The standard InChI is InChI=1S/C16H22O2/c1-18-16-10-9-14(12-15(16)8-5-11-17)13-6-3-2-4-7-13/h9-13H,2-8H2,1H3. The molecule has 1 aromatic rings. The van der Waals surface area contributed by atoms with Gasteiger partial charge in [-0.2, -0.15) is 0 Å². The Bertz CT molecular complexity index is 392. The Hall–Kier alpha value is -1.31. The van der Waals surface area contributed by atoms with E-state index in [0.29, 0.717) is 12.3 Å². The van der Waals surface area contributed by atoms with Crippen LogP contribution in [0.1, 0.15) is 55.6 Å². The van der Waals surface area contributed by atoms with E-state index < -0.39 is 0 Å². The van der Waals surface area contributed by atoms with Crippen LogP contribution in [0, 0.1) is 0 Å². The number of aldehydes is 1. The zero-order valence-corrected chi connectivity index (χ0v) is 11.2. The van der Waals surface area contributed by atoms with E-state index >= 15 is 0 Å². The summed E-state index contributed by atoms with van der Waals surface area (Å²) in [6, 6.07) is 6.50. The third-order valence-electron chi connectivity index (χ3n) is 3.91. The van der Waals surface area contributed by atoms with E-state index in [4.69, 9.17) is 4.74 Å². The molecule has 0 heterocycles. The van der Waals surface area contributed by atoms with Gasteiger partial charge in [0.1, 0.15) is 12.0 Å². The molecule has 0 aliphatic heterocycles. The highest BCUT2D eigenvalue weighted by atomic mass is 16.5. The Morgan fingerprint density at radius 1 is 1.28 bits per heavy atom. The average molecular weight is 246 g/mol. The summed E-state index contributed by atoms with van der Waals surface area (Å²) >= 11 is 0. The van der Waals surface area contributed by atoms with Crippen LogP contribution in [-0.2, 0) is 11.2 Å². The van der Waals surface area contributed by atoms with Crippen LogP contribution in [0.25, 0.3) is 0 Å². The van der Waals surface area contributed by atoms with E-state index in [1.807, 2.05) is 0 Å². The van der Waals surface area contributed by atoms with Crippen molar-refractivity contribution in [2.24, 2.45) is 0 Å². The molecule has 0 atom stereocenters. The topological polar surface area (TPSA) is 26.3 Å². The van der Waals surface area contributed by atoms with E-state index in [0.717, 1.165) is 18.5 Å². The minimum Gasteiger partial charge on any atom is -0.496 e. The summed E-state index contributed by atoms with van der Waals surface area (Å²) in [5.74, 6) is 1.62. The lowest BCUT2D eigenvalue weighted by Crippen LogP contribution is -2.05. The molecule has 1 aliphatic carbocycles. The van der Waals surface area contributed by atoms with Crippen LogP contribution in [0.15, 0.2) is 18.2 Å². The Balaban J connectivity index is 2.17. The molecule has 0 saturated heterocycles. The Kier molecular flexibility index (Phi) is 4.80. The highest BCUT2D eigenvalue weighted by Crippen LogP contribution is 2.34. The number of ether oxygens (including phenoxy) is 1. The third kappa shape index (κ3) is 3.12. The van der Waals surface area contributed by atoms with Gasteiger partial charge in [0.2, 0.25) is 0 Å². The van der Waals surface area contributed by atoms with Gasteiger partial charge in [-0.1, -0.05) is 31.4 Å². The van der Waals surface area contributed by atoms with Crippen molar-refractivity contribution >= 4 is 6.29 Å². The van der Waals surface area contributed by atoms with Crippen molar-refractivity contribution in [3.63, 3.8) is 0 Å². The van der Waals surface area contributed by atoms with Gasteiger partial charge in [-0.15, -0.1) is 0 Å². The number of carbonyl (C=O) groups is 1. The van der Waals surface area contributed by atoms with E-state index in [-0.39, 0.29) is 0 Å². The highest BCUT2D eigenvalue weighted by molar-refractivity contribution is 5.51. The fourth-order valence-corrected chi connectivity index (χ4v) is 2.90. The van der Waals surface area contributed by atoms with Crippen molar-refractivity contribution < 1.29 is 9.53 Å². The summed E-state index contributed by atoms with van der Waals surface area (Å²) in [7, 11) is 1.69. The summed E-state index contributed by atoms with van der Waals surface area (Å²) in [4.78, 5) is 10.5. The molecule has 1 saturated carbocycles. The maximum atomic E-state index is 10.5. The number of hydrogen-bond acceptors (Lipinski definition) is 2. The SMILES string of the molecule is COc1ccc(C2CCCCC2)cc1CCC=O. The summed E-state index contributed by atoms with van der Waals surface area (Å²) in [6.07, 6.45) is 9.02. The van der Waals surface area contributed by atoms with Crippen molar-refractivity contribution in [2.75, 3.05) is 7.11 Å². The summed E-state index contributed by atoms with van der Waals surface area (Å²) in [5.41, 5.74) is 2.60. The molecule has 2 nitrogen and oxygen atoms in total. The van der Waals surface area contributed by atoms with Gasteiger partial charge in [0.05, 0.1) is 7.11 Å². The lowest BCUT2D eigenvalue weighted by molar-refractivity contribution is -0.107. The van der Waals surface area contributed by atoms with Crippen LogP contribution in [0.2, 0.25) is 0 Å². The van der Waals surface area contributed by atoms with Gasteiger partial charge in [-0.05, 0) is 42.4 Å². The molecule has 0 aromatic heterocycles. The van der Waals surface area contributed by atoms with E-state index in [1.165, 1.54) is 43.2 Å². The molecule has 0 unspecified atom stereocenters. The number of hydrogen-bond donors (Lipinski definition) is 0. The first-order valence-electron chi connectivity index (χ1n) is 6.95. The quantitative estimate of drug-likeness (QED) is 0.737. The molecule has 1 fully saturated rings. The maximum Gasteiger partial charge on any atom is 0.122 e. The summed E-state index contributed by atoms with van der Waals surface area (Å²) < 4.78 is 5.37. The summed E-state index contributed by atoms with van der Waals surface area (Å²) in [5, 5.41) is 0. The second-order valence-electron chi connectivity index (χ2n) is 5.11. The van der Waals surface area contributed by atoms with Crippen molar-refractivity contribution in [3.05, 3.63) is 29.3 Å². The molecule has 0 bridgehead atoms. The number of methoxy groups -OCH3 is 1. The molecule has 0 N–H and O–H groups in total. The maximum absolute atomic E-state index is 10.5. The first-order chi connectivity index (χ1) is 8.85. The fraction of sp³-hybridized carbons (Fsp3) is 0.562. The zero-order valence-electron chi connectivity index (χ0n) is 11.2. The number of rotatable bonds is 5. The summed E-state index contributed by atoms with van der Waals surface area (Å²) in [6.45, 7) is 0. The second-order valence-corrected chi connectivity index (χ2v) is 5.11. The van der Waals surface area contributed by atoms with Gasteiger partial charge in [0.15, 0.2) is 0 Å². The highest BCUT2D eigenvalue weighted by Gasteiger charge is 2.16. The van der Waals surface area contributed by atoms with Crippen LogP contribution in [0.4, 0.5) is 0 Å². The largest absolute Gasteiger partial charge is 0.496 e. The minimum absolute atomic E-state index is 0.574. The molecule has 2 heteroatoms. The predicted molar refractivity (Wildman–Crippen MR) is 73.2 cm³/mol. The normalized spacial score (nSPS) is 16.5. The van der Waals surface area contributed by atoms with Crippen molar-refractivity contribution in [2.45, 2.75) is 50.9 Å². The third-order valence-corrected chi connectivity index (χ3v) is 3.91. The fourth-order valence-electron chi connectivity index (χ4n) is 2.90. The van der Waals surface area contributed by atoms with E-state index in [1.54, 1.807) is 7.11 Å². The lowest BCUT2D eigenvalue weighted by atomic mass is 9.83. The number of carbonyl (C=O) groups excluding carboxylic acids is 1. The first-order valence-corrected chi connectivity index (χ1v) is 6.95. The molecule has 0 spiro atoms. The van der Waals surface area contributed by atoms with E-state index in [2.05, 4.69) is 18.2 Å². The number of aryl methyl sites for hydroxylation is 1. The minimum atomic E-state index is 0.574. The monoisotopic (exact) mass is 246 g/mol. The van der Waals surface area contributed by atoms with Crippen LogP contribution in [0.5, 0.6) is 5.75 Å². The van der Waals surface area contributed by atoms with Crippen LogP contribution in [0.3, 0.4) is 0 Å². The van der Waals surface area contributed by atoms with Crippen LogP contribution >= 0.6 is 0 Å². The molecule has 98 valence electrons. The molecule has 0 amide bonds. The second kappa shape index (κ2) is 6.58. The average Bonchev–Trinajstić information content (AvgIpc) is 2.45. The van der Waals surface area contributed by atoms with Gasteiger partial charge in [0, 0.05) is 6.42 Å². The molecular weight excluding hydrogens is 224 g/mol.